The van der Waals surface area contributed by atoms with Crippen LogP contribution in [0.2, 0.25) is 0 Å². The van der Waals surface area contributed by atoms with Crippen LogP contribution in [0.15, 0.2) is 47.7 Å². The third-order valence-corrected chi connectivity index (χ3v) is 4.93. The average Bonchev–Trinajstić information content (AvgIpc) is 2.60. The molecule has 1 N–H and O–H groups in total. The number of nitrogens with one attached hydrogen (secondary N) is 1. The lowest BCUT2D eigenvalue weighted by molar-refractivity contribution is 0.0950. The highest BCUT2D eigenvalue weighted by molar-refractivity contribution is 5.93. The first-order chi connectivity index (χ1) is 11.9. The number of aromatic nitrogens is 1. The van der Waals surface area contributed by atoms with Crippen molar-refractivity contribution in [1.29, 1.82) is 0 Å². The SMILES string of the molecule is C[C@@H]1CC(C)(C)N(C)c2ccc(/C=N\NC(=O)c3ccccn3)cc21. The minimum atomic E-state index is -0.315. The third kappa shape index (κ3) is 3.55. The molecule has 0 spiro atoms. The Morgan fingerprint density at radius 2 is 2.16 bits per heavy atom. The highest BCUT2D eigenvalue weighted by Gasteiger charge is 2.33. The Morgan fingerprint density at radius 3 is 2.88 bits per heavy atom. The number of carbonyl (C=O) groups excluding carboxylic acids is 1. The molecule has 3 rings (SSSR count). The molecule has 130 valence electrons. The molecular weight excluding hydrogens is 312 g/mol. The molecule has 0 saturated heterocycles. The zero-order chi connectivity index (χ0) is 18.0. The number of hydrogen-bond donors (Lipinski definition) is 1. The van der Waals surface area contributed by atoms with E-state index in [9.17, 15) is 4.79 Å². The number of pyridine rings is 1. The minimum absolute atomic E-state index is 0.151. The van der Waals surface area contributed by atoms with Crippen molar-refractivity contribution < 1.29 is 4.79 Å². The van der Waals surface area contributed by atoms with E-state index in [4.69, 9.17) is 0 Å². The van der Waals surface area contributed by atoms with Crippen LogP contribution in [0.4, 0.5) is 5.69 Å². The Bertz CT molecular complexity index is 799. The van der Waals surface area contributed by atoms with Gasteiger partial charge in [0.2, 0.25) is 0 Å². The predicted octanol–water partition coefficient (Wildman–Crippen LogP) is 3.57. The Hall–Kier alpha value is -2.69. The summed E-state index contributed by atoms with van der Waals surface area (Å²) in [5.74, 6) is 0.169. The van der Waals surface area contributed by atoms with Gasteiger partial charge in [0.15, 0.2) is 0 Å². The third-order valence-electron chi connectivity index (χ3n) is 4.93. The molecule has 0 aliphatic carbocycles. The maximum Gasteiger partial charge on any atom is 0.289 e. The van der Waals surface area contributed by atoms with Gasteiger partial charge in [-0.3, -0.25) is 9.78 Å². The van der Waals surface area contributed by atoms with Crippen LogP contribution in [0.5, 0.6) is 0 Å². The predicted molar refractivity (Wildman–Crippen MR) is 101 cm³/mol. The van der Waals surface area contributed by atoms with Crippen molar-refractivity contribution >= 4 is 17.8 Å². The van der Waals surface area contributed by atoms with Gasteiger partial charge in [-0.25, -0.2) is 5.43 Å². The fraction of sp³-hybridized carbons (Fsp3) is 0.350. The summed E-state index contributed by atoms with van der Waals surface area (Å²) in [6.07, 6.45) is 4.36. The minimum Gasteiger partial charge on any atom is -0.369 e. The smallest absolute Gasteiger partial charge is 0.289 e. The second-order valence-corrected chi connectivity index (χ2v) is 7.21. The molecule has 5 nitrogen and oxygen atoms in total. The van der Waals surface area contributed by atoms with Crippen molar-refractivity contribution in [3.05, 3.63) is 59.4 Å². The van der Waals surface area contributed by atoms with E-state index in [-0.39, 0.29) is 11.4 Å². The average molecular weight is 336 g/mol. The maximum atomic E-state index is 11.9. The molecule has 1 aromatic heterocycles. The van der Waals surface area contributed by atoms with Crippen molar-refractivity contribution in [2.45, 2.75) is 38.6 Å². The molecule has 1 aliphatic rings. The number of hydrogen-bond acceptors (Lipinski definition) is 4. The quantitative estimate of drug-likeness (QED) is 0.688. The Balaban J connectivity index is 1.75. The van der Waals surface area contributed by atoms with E-state index in [1.165, 1.54) is 11.3 Å². The normalized spacial score (nSPS) is 18.9. The Morgan fingerprint density at radius 1 is 1.36 bits per heavy atom. The summed E-state index contributed by atoms with van der Waals surface area (Å²) in [6, 6.07) is 11.5. The number of benzene rings is 1. The van der Waals surface area contributed by atoms with E-state index < -0.39 is 0 Å². The first kappa shape index (κ1) is 17.1. The van der Waals surface area contributed by atoms with Crippen LogP contribution in [0.3, 0.4) is 0 Å². The van der Waals surface area contributed by atoms with Gasteiger partial charge in [-0.15, -0.1) is 0 Å². The molecule has 1 aromatic carbocycles. The fourth-order valence-electron chi connectivity index (χ4n) is 3.40. The Labute approximate surface area is 148 Å². The molecule has 2 aromatic rings. The molecule has 0 bridgehead atoms. The van der Waals surface area contributed by atoms with E-state index in [1.54, 1.807) is 30.6 Å². The highest BCUT2D eigenvalue weighted by atomic mass is 16.2. The number of anilines is 1. The van der Waals surface area contributed by atoms with Gasteiger partial charge in [-0.1, -0.05) is 19.1 Å². The molecule has 1 aliphatic heterocycles. The molecule has 25 heavy (non-hydrogen) atoms. The molecular formula is C20H24N4O. The van der Waals surface area contributed by atoms with Crippen molar-refractivity contribution in [3.8, 4) is 0 Å². The van der Waals surface area contributed by atoms with Crippen LogP contribution >= 0.6 is 0 Å². The monoisotopic (exact) mass is 336 g/mol. The molecule has 0 radical (unpaired) electrons. The molecule has 0 fully saturated rings. The molecule has 5 heteroatoms. The maximum absolute atomic E-state index is 11.9. The van der Waals surface area contributed by atoms with Crippen LogP contribution in [-0.2, 0) is 0 Å². The number of amides is 1. The molecule has 0 unspecified atom stereocenters. The lowest BCUT2D eigenvalue weighted by atomic mass is 9.80. The lowest BCUT2D eigenvalue weighted by Gasteiger charge is -2.45. The second-order valence-electron chi connectivity index (χ2n) is 7.21. The summed E-state index contributed by atoms with van der Waals surface area (Å²) in [7, 11) is 2.14. The molecule has 0 saturated carbocycles. The van der Waals surface area contributed by atoms with Gasteiger partial charge in [0, 0.05) is 24.5 Å². The summed E-state index contributed by atoms with van der Waals surface area (Å²) in [5.41, 5.74) is 6.58. The van der Waals surface area contributed by atoms with Gasteiger partial charge in [0.05, 0.1) is 6.21 Å². The van der Waals surface area contributed by atoms with Crippen molar-refractivity contribution in [3.63, 3.8) is 0 Å². The first-order valence-corrected chi connectivity index (χ1v) is 8.51. The summed E-state index contributed by atoms with van der Waals surface area (Å²) < 4.78 is 0. The number of nitrogens with zero attached hydrogens (tertiary/aromatic N) is 3. The van der Waals surface area contributed by atoms with Crippen LogP contribution in [0.1, 0.15) is 54.7 Å². The topological polar surface area (TPSA) is 57.6 Å². The summed E-state index contributed by atoms with van der Waals surface area (Å²) in [5, 5.41) is 4.06. The van der Waals surface area contributed by atoms with Crippen molar-refractivity contribution in [1.82, 2.24) is 10.4 Å². The number of carbonyl (C=O) groups is 1. The van der Waals surface area contributed by atoms with Gasteiger partial charge in [-0.2, -0.15) is 5.10 Å². The summed E-state index contributed by atoms with van der Waals surface area (Å²) in [4.78, 5) is 18.3. The standard InChI is InChI=1S/C20H24N4O/c1-14-12-20(2,3)24(4)18-9-8-15(11-16(14)18)13-22-23-19(25)17-7-5-6-10-21-17/h5-11,13-14H,12H2,1-4H3,(H,23,25)/b22-13-/t14-/m1/s1. The van der Waals surface area contributed by atoms with Crippen LogP contribution < -0.4 is 10.3 Å². The van der Waals surface area contributed by atoms with E-state index in [0.29, 0.717) is 11.6 Å². The van der Waals surface area contributed by atoms with E-state index >= 15 is 0 Å². The van der Waals surface area contributed by atoms with Gasteiger partial charge >= 0.3 is 0 Å². The zero-order valence-electron chi connectivity index (χ0n) is 15.2. The van der Waals surface area contributed by atoms with E-state index in [2.05, 4.69) is 60.4 Å². The van der Waals surface area contributed by atoms with Gasteiger partial charge in [0.25, 0.3) is 5.91 Å². The van der Waals surface area contributed by atoms with Crippen molar-refractivity contribution in [2.75, 3.05) is 11.9 Å². The molecule has 2 heterocycles. The Kier molecular flexibility index (Phi) is 4.57. The highest BCUT2D eigenvalue weighted by Crippen LogP contribution is 2.42. The van der Waals surface area contributed by atoms with Gasteiger partial charge < -0.3 is 4.90 Å². The van der Waals surface area contributed by atoms with Crippen LogP contribution in [0.25, 0.3) is 0 Å². The summed E-state index contributed by atoms with van der Waals surface area (Å²) >= 11 is 0. The lowest BCUT2D eigenvalue weighted by Crippen LogP contribution is -2.45. The fourth-order valence-corrected chi connectivity index (χ4v) is 3.40. The largest absolute Gasteiger partial charge is 0.369 e. The zero-order valence-corrected chi connectivity index (χ0v) is 15.2. The number of fused-ring (bicyclic) bond motifs is 1. The van der Waals surface area contributed by atoms with Crippen LogP contribution in [0, 0.1) is 0 Å². The van der Waals surface area contributed by atoms with Gasteiger partial charge in [0.1, 0.15) is 5.69 Å². The molecule has 1 amide bonds. The van der Waals surface area contributed by atoms with Crippen LogP contribution in [-0.4, -0.2) is 29.7 Å². The summed E-state index contributed by atoms with van der Waals surface area (Å²) in [6.45, 7) is 6.81. The number of hydrazone groups is 1. The second kappa shape index (κ2) is 6.67. The van der Waals surface area contributed by atoms with Gasteiger partial charge in [-0.05, 0) is 61.6 Å². The first-order valence-electron chi connectivity index (χ1n) is 8.51. The van der Waals surface area contributed by atoms with E-state index in [0.717, 1.165) is 12.0 Å². The number of rotatable bonds is 3. The molecule has 1 atom stereocenters. The van der Waals surface area contributed by atoms with E-state index in [1.807, 2.05) is 6.07 Å². The van der Waals surface area contributed by atoms with Crippen molar-refractivity contribution in [2.24, 2.45) is 5.10 Å².